The monoisotopic (exact) mass is 179 g/mol. The molecule has 2 nitrogen and oxygen atoms in total. The van der Waals surface area contributed by atoms with Crippen LogP contribution in [0.3, 0.4) is 0 Å². The van der Waals surface area contributed by atoms with Crippen molar-refractivity contribution in [3.63, 3.8) is 0 Å². The van der Waals surface area contributed by atoms with Gasteiger partial charge < -0.3 is 5.73 Å². The number of nitrogens with two attached hydrogens (primary N) is 1. The Labute approximate surface area is 62.9 Å². The van der Waals surface area contributed by atoms with E-state index < -0.39 is 19.0 Å². The summed E-state index contributed by atoms with van der Waals surface area (Å²) in [6.07, 6.45) is -4.55. The minimum atomic E-state index is -4.55. The Morgan fingerprint density at radius 2 is 1.90 bits per heavy atom. The van der Waals surface area contributed by atoms with E-state index >= 15 is 0 Å². The van der Waals surface area contributed by atoms with Gasteiger partial charge in [0.05, 0.1) is 6.61 Å². The van der Waals surface area contributed by atoms with Gasteiger partial charge in [-0.1, -0.05) is 0 Å². The molecule has 0 spiro atoms. The van der Waals surface area contributed by atoms with E-state index in [0.717, 1.165) is 0 Å². The number of hydrogen-bond donors (Lipinski definition) is 1. The number of halogens is 4. The lowest BCUT2D eigenvalue weighted by Gasteiger charge is -2.08. The van der Waals surface area contributed by atoms with E-state index in [1.165, 1.54) is 6.92 Å². The van der Waals surface area contributed by atoms with Gasteiger partial charge in [-0.05, 0) is 6.92 Å². The van der Waals surface area contributed by atoms with E-state index in [4.69, 9.17) is 5.73 Å². The molecule has 0 saturated heterocycles. The first kappa shape index (κ1) is 12.7. The van der Waals surface area contributed by atoms with Crippen LogP contribution in [-0.2, 0) is 4.74 Å². The van der Waals surface area contributed by atoms with Gasteiger partial charge in [0.1, 0.15) is 0 Å². The molecule has 0 aromatic heterocycles. The van der Waals surface area contributed by atoms with Crippen LogP contribution in [0.15, 0.2) is 0 Å². The predicted molar refractivity (Wildman–Crippen MR) is 32.9 cm³/mol. The van der Waals surface area contributed by atoms with Crippen molar-refractivity contribution in [2.45, 2.75) is 19.3 Å². The molecule has 0 radical (unpaired) electrons. The van der Waals surface area contributed by atoms with Gasteiger partial charge in [0.15, 0.2) is 0 Å². The maximum Gasteiger partial charge on any atom is 0.522 e. The molecule has 10 heavy (non-hydrogen) atoms. The lowest BCUT2D eigenvalue weighted by Crippen LogP contribution is -2.27. The van der Waals surface area contributed by atoms with E-state index in [1.54, 1.807) is 0 Å². The van der Waals surface area contributed by atoms with Crippen molar-refractivity contribution in [3.05, 3.63) is 0 Å². The van der Waals surface area contributed by atoms with E-state index in [-0.39, 0.29) is 12.4 Å². The third-order valence-electron chi connectivity index (χ3n) is 0.510. The molecule has 0 bridgehead atoms. The van der Waals surface area contributed by atoms with Gasteiger partial charge in [0.2, 0.25) is 0 Å². The quantitative estimate of drug-likeness (QED) is 0.694. The first-order chi connectivity index (χ1) is 3.92. The summed E-state index contributed by atoms with van der Waals surface area (Å²) >= 11 is 0. The summed E-state index contributed by atoms with van der Waals surface area (Å²) in [5.74, 6) is 0. The van der Waals surface area contributed by atoms with Crippen molar-refractivity contribution in [1.82, 2.24) is 0 Å². The van der Waals surface area contributed by atoms with Gasteiger partial charge in [0, 0.05) is 6.04 Å². The number of hydrogen-bond acceptors (Lipinski definition) is 2. The molecular formula is C4H9ClF3NO. The molecule has 6 heteroatoms. The minimum absolute atomic E-state index is 0. The van der Waals surface area contributed by atoms with Crippen LogP contribution in [0.1, 0.15) is 6.92 Å². The van der Waals surface area contributed by atoms with Gasteiger partial charge in [-0.3, -0.25) is 4.74 Å². The molecule has 0 unspecified atom stereocenters. The van der Waals surface area contributed by atoms with Gasteiger partial charge >= 0.3 is 6.36 Å². The molecule has 0 amide bonds. The van der Waals surface area contributed by atoms with Crippen molar-refractivity contribution in [3.8, 4) is 0 Å². The second-order valence-corrected chi connectivity index (χ2v) is 1.73. The number of ether oxygens (including phenoxy) is 1. The van der Waals surface area contributed by atoms with Crippen molar-refractivity contribution >= 4 is 12.4 Å². The first-order valence-corrected chi connectivity index (χ1v) is 2.38. The fourth-order valence-electron chi connectivity index (χ4n) is 0.226. The molecule has 2 N–H and O–H groups in total. The van der Waals surface area contributed by atoms with Gasteiger partial charge in [-0.15, -0.1) is 25.6 Å². The van der Waals surface area contributed by atoms with Gasteiger partial charge in [-0.25, -0.2) is 0 Å². The zero-order valence-corrected chi connectivity index (χ0v) is 6.13. The fourth-order valence-corrected chi connectivity index (χ4v) is 0.226. The van der Waals surface area contributed by atoms with Crippen LogP contribution in [0.5, 0.6) is 0 Å². The Morgan fingerprint density at radius 1 is 1.50 bits per heavy atom. The minimum Gasteiger partial charge on any atom is -0.326 e. The normalized spacial score (nSPS) is 14.1. The molecule has 0 aliphatic heterocycles. The Hall–Kier alpha value is -0.0000000000000000555. The molecule has 0 aromatic carbocycles. The summed E-state index contributed by atoms with van der Waals surface area (Å²) in [6.45, 7) is 0.954. The SMILES string of the molecule is C[C@@H](N)COC(F)(F)F.Cl. The molecule has 0 rings (SSSR count). The number of alkyl halides is 3. The second kappa shape index (κ2) is 4.76. The van der Waals surface area contributed by atoms with Crippen molar-refractivity contribution in [2.75, 3.05) is 6.61 Å². The summed E-state index contributed by atoms with van der Waals surface area (Å²) in [6, 6.07) is -0.577. The first-order valence-electron chi connectivity index (χ1n) is 2.38. The lowest BCUT2D eigenvalue weighted by atomic mass is 10.4. The zero-order chi connectivity index (χ0) is 7.49. The Morgan fingerprint density at radius 3 is 2.00 bits per heavy atom. The lowest BCUT2D eigenvalue weighted by molar-refractivity contribution is -0.325. The van der Waals surface area contributed by atoms with Crippen LogP contribution in [0.25, 0.3) is 0 Å². The van der Waals surface area contributed by atoms with E-state index in [0.29, 0.717) is 0 Å². The predicted octanol–water partition coefficient (Wildman–Crippen LogP) is 1.29. The van der Waals surface area contributed by atoms with Crippen LogP contribution in [0.2, 0.25) is 0 Å². The molecule has 0 aliphatic carbocycles. The standard InChI is InChI=1S/C4H8F3NO.ClH/c1-3(8)2-9-4(5,6)7;/h3H,2,8H2,1H3;1H/t3-;/m1./s1. The fraction of sp³-hybridized carbons (Fsp3) is 1.00. The third-order valence-corrected chi connectivity index (χ3v) is 0.510. The highest BCUT2D eigenvalue weighted by Crippen LogP contribution is 2.15. The van der Waals surface area contributed by atoms with E-state index in [2.05, 4.69) is 4.74 Å². The third kappa shape index (κ3) is 10.9. The highest BCUT2D eigenvalue weighted by atomic mass is 35.5. The van der Waals surface area contributed by atoms with Crippen LogP contribution in [-0.4, -0.2) is 19.0 Å². The maximum absolute atomic E-state index is 11.1. The molecule has 0 fully saturated rings. The summed E-state index contributed by atoms with van der Waals surface area (Å²) in [5, 5.41) is 0. The van der Waals surface area contributed by atoms with Crippen LogP contribution in [0.4, 0.5) is 13.2 Å². The Kier molecular flexibility index (Phi) is 6.02. The van der Waals surface area contributed by atoms with E-state index in [9.17, 15) is 13.2 Å². The van der Waals surface area contributed by atoms with Gasteiger partial charge in [0.25, 0.3) is 0 Å². The smallest absolute Gasteiger partial charge is 0.326 e. The van der Waals surface area contributed by atoms with Crippen molar-refractivity contribution in [1.29, 1.82) is 0 Å². The molecule has 0 saturated carbocycles. The molecule has 64 valence electrons. The summed E-state index contributed by atoms with van der Waals surface area (Å²) in [4.78, 5) is 0. The molecule has 1 atom stereocenters. The van der Waals surface area contributed by atoms with Crippen LogP contribution < -0.4 is 5.73 Å². The van der Waals surface area contributed by atoms with Crippen molar-refractivity contribution < 1.29 is 17.9 Å². The van der Waals surface area contributed by atoms with E-state index in [1.807, 2.05) is 0 Å². The molecule has 0 aromatic rings. The zero-order valence-electron chi connectivity index (χ0n) is 5.31. The van der Waals surface area contributed by atoms with Gasteiger partial charge in [-0.2, -0.15) is 0 Å². The summed E-state index contributed by atoms with van der Waals surface area (Å²) in [5.41, 5.74) is 4.97. The highest BCUT2D eigenvalue weighted by Gasteiger charge is 2.28. The molecular weight excluding hydrogens is 170 g/mol. The molecule has 0 aliphatic rings. The van der Waals surface area contributed by atoms with Crippen LogP contribution in [0, 0.1) is 0 Å². The summed E-state index contributed by atoms with van der Waals surface area (Å²) < 4.78 is 36.8. The average Bonchev–Trinajstić information content (AvgIpc) is 1.59. The average molecular weight is 180 g/mol. The topological polar surface area (TPSA) is 35.2 Å². The van der Waals surface area contributed by atoms with Crippen molar-refractivity contribution in [2.24, 2.45) is 5.73 Å². The van der Waals surface area contributed by atoms with Crippen LogP contribution >= 0.6 is 12.4 Å². The highest BCUT2D eigenvalue weighted by molar-refractivity contribution is 5.85. The maximum atomic E-state index is 11.1. The Bertz CT molecular complexity index is 85.1. The summed E-state index contributed by atoms with van der Waals surface area (Å²) in [7, 11) is 0. The Balaban J connectivity index is 0. The largest absolute Gasteiger partial charge is 0.522 e. The number of rotatable bonds is 2. The molecule has 0 heterocycles. The second-order valence-electron chi connectivity index (χ2n) is 1.73.